The lowest BCUT2D eigenvalue weighted by molar-refractivity contribution is 0.178. The highest BCUT2D eigenvalue weighted by molar-refractivity contribution is 5.23. The number of aryl methyl sites for hydroxylation is 2. The van der Waals surface area contributed by atoms with Gasteiger partial charge in [-0.25, -0.2) is 14.1 Å². The van der Waals surface area contributed by atoms with Crippen LogP contribution in [0.5, 0.6) is 5.75 Å². The maximum absolute atomic E-state index is 13.5. The predicted octanol–water partition coefficient (Wildman–Crippen LogP) is 2.58. The van der Waals surface area contributed by atoms with Crippen molar-refractivity contribution in [3.05, 3.63) is 41.7 Å². The van der Waals surface area contributed by atoms with Crippen LogP contribution in [0, 0.1) is 19.7 Å². The second kappa shape index (κ2) is 7.08. The number of hydrogen-bond acceptors (Lipinski definition) is 4. The van der Waals surface area contributed by atoms with E-state index in [-0.39, 0.29) is 5.82 Å². The van der Waals surface area contributed by atoms with Crippen LogP contribution in [0.4, 0.5) is 4.39 Å². The molecular formula is C17H23FN4O. The fourth-order valence-electron chi connectivity index (χ4n) is 3.16. The van der Waals surface area contributed by atoms with Gasteiger partial charge in [-0.1, -0.05) is 12.1 Å². The predicted molar refractivity (Wildman–Crippen MR) is 86.0 cm³/mol. The summed E-state index contributed by atoms with van der Waals surface area (Å²) in [5.41, 5.74) is 0. The Kier molecular flexibility index (Phi) is 4.91. The van der Waals surface area contributed by atoms with Crippen LogP contribution in [0.2, 0.25) is 0 Å². The number of rotatable bonds is 6. The van der Waals surface area contributed by atoms with E-state index in [1.807, 2.05) is 18.5 Å². The van der Waals surface area contributed by atoms with Gasteiger partial charge >= 0.3 is 0 Å². The summed E-state index contributed by atoms with van der Waals surface area (Å²) < 4.78 is 21.1. The largest absolute Gasteiger partial charge is 0.489 e. The number of benzene rings is 1. The van der Waals surface area contributed by atoms with Gasteiger partial charge in [-0.2, -0.15) is 5.10 Å². The van der Waals surface area contributed by atoms with Crippen molar-refractivity contribution in [1.29, 1.82) is 0 Å². The summed E-state index contributed by atoms with van der Waals surface area (Å²) in [4.78, 5) is 6.76. The first kappa shape index (κ1) is 15.9. The summed E-state index contributed by atoms with van der Waals surface area (Å²) in [6.07, 6.45) is 2.33. The average Bonchev–Trinajstić information content (AvgIpc) is 3.08. The molecule has 2 aromatic rings. The van der Waals surface area contributed by atoms with Crippen molar-refractivity contribution in [3.63, 3.8) is 0 Å². The van der Waals surface area contributed by atoms with E-state index in [1.165, 1.54) is 12.5 Å². The number of halogens is 1. The molecule has 0 radical (unpaired) electrons. The first-order chi connectivity index (χ1) is 11.1. The number of ether oxygens (including phenoxy) is 1. The van der Waals surface area contributed by atoms with Gasteiger partial charge in [-0.3, -0.25) is 4.90 Å². The van der Waals surface area contributed by atoms with E-state index in [1.54, 1.807) is 18.2 Å². The zero-order chi connectivity index (χ0) is 16.2. The van der Waals surface area contributed by atoms with Gasteiger partial charge in [0.05, 0.1) is 6.54 Å². The minimum atomic E-state index is -0.306. The van der Waals surface area contributed by atoms with E-state index in [0.717, 1.165) is 37.7 Å². The second-order valence-electron chi connectivity index (χ2n) is 6.00. The molecule has 124 valence electrons. The van der Waals surface area contributed by atoms with E-state index in [9.17, 15) is 4.39 Å². The summed E-state index contributed by atoms with van der Waals surface area (Å²) in [5, 5.41) is 4.45. The van der Waals surface area contributed by atoms with Crippen LogP contribution in [0.3, 0.4) is 0 Å². The highest BCUT2D eigenvalue weighted by Crippen LogP contribution is 2.20. The van der Waals surface area contributed by atoms with Crippen molar-refractivity contribution in [1.82, 2.24) is 19.7 Å². The maximum atomic E-state index is 13.5. The molecule has 0 spiro atoms. The fourth-order valence-corrected chi connectivity index (χ4v) is 3.16. The SMILES string of the molecule is Cc1nc(C)n(C[C@@H]2CCCN2CCOc2ccccc2F)n1. The van der Waals surface area contributed by atoms with Crippen molar-refractivity contribution in [2.45, 2.75) is 39.3 Å². The van der Waals surface area contributed by atoms with Gasteiger partial charge < -0.3 is 4.74 Å². The Balaban J connectivity index is 1.53. The molecule has 5 nitrogen and oxygen atoms in total. The smallest absolute Gasteiger partial charge is 0.165 e. The molecule has 0 aliphatic carbocycles. The van der Waals surface area contributed by atoms with E-state index in [4.69, 9.17) is 4.74 Å². The van der Waals surface area contributed by atoms with E-state index >= 15 is 0 Å². The standard InChI is InChI=1S/C17H23FN4O/c1-13-19-14(2)22(20-13)12-15-6-5-9-21(15)10-11-23-17-8-4-3-7-16(17)18/h3-4,7-8,15H,5-6,9-12H2,1-2H3/t15-/m0/s1. The first-order valence-electron chi connectivity index (χ1n) is 8.13. The van der Waals surface area contributed by atoms with Crippen LogP contribution in [-0.4, -0.2) is 45.4 Å². The van der Waals surface area contributed by atoms with Crippen molar-refractivity contribution in [3.8, 4) is 5.75 Å². The Labute approximate surface area is 136 Å². The molecule has 23 heavy (non-hydrogen) atoms. The Hall–Kier alpha value is -1.95. The molecule has 0 bridgehead atoms. The van der Waals surface area contributed by atoms with Gasteiger partial charge in [0.1, 0.15) is 18.3 Å². The second-order valence-corrected chi connectivity index (χ2v) is 6.00. The number of likely N-dealkylation sites (tertiary alicyclic amines) is 1. The lowest BCUT2D eigenvalue weighted by Crippen LogP contribution is -2.36. The van der Waals surface area contributed by atoms with E-state index < -0.39 is 0 Å². The normalized spacial score (nSPS) is 18.5. The highest BCUT2D eigenvalue weighted by Gasteiger charge is 2.25. The summed E-state index contributed by atoms with van der Waals surface area (Å²) in [6.45, 7) is 7.10. The number of aromatic nitrogens is 3. The summed E-state index contributed by atoms with van der Waals surface area (Å²) >= 11 is 0. The summed E-state index contributed by atoms with van der Waals surface area (Å²) in [7, 11) is 0. The molecule has 1 atom stereocenters. The van der Waals surface area contributed by atoms with Gasteiger partial charge in [0, 0.05) is 12.6 Å². The molecule has 0 amide bonds. The lowest BCUT2D eigenvalue weighted by Gasteiger charge is -2.24. The van der Waals surface area contributed by atoms with Crippen molar-refractivity contribution in [2.75, 3.05) is 19.7 Å². The molecular weight excluding hydrogens is 295 g/mol. The molecule has 0 saturated carbocycles. The molecule has 2 heterocycles. The summed E-state index contributed by atoms with van der Waals surface area (Å²) in [6, 6.07) is 6.98. The molecule has 1 aliphatic heterocycles. The van der Waals surface area contributed by atoms with Crippen LogP contribution < -0.4 is 4.74 Å². The number of hydrogen-bond donors (Lipinski definition) is 0. The molecule has 1 aromatic heterocycles. The molecule has 1 aromatic carbocycles. The minimum absolute atomic E-state index is 0.306. The third kappa shape index (κ3) is 3.88. The molecule has 0 N–H and O–H groups in total. The van der Waals surface area contributed by atoms with Crippen molar-refractivity contribution in [2.24, 2.45) is 0 Å². The molecule has 3 rings (SSSR count). The molecule has 1 fully saturated rings. The van der Waals surface area contributed by atoms with Gasteiger partial charge in [0.25, 0.3) is 0 Å². The van der Waals surface area contributed by atoms with Crippen LogP contribution >= 0.6 is 0 Å². The van der Waals surface area contributed by atoms with Crippen LogP contribution in [-0.2, 0) is 6.54 Å². The van der Waals surface area contributed by atoms with Gasteiger partial charge in [0.15, 0.2) is 11.6 Å². The monoisotopic (exact) mass is 318 g/mol. The van der Waals surface area contributed by atoms with Gasteiger partial charge in [0.2, 0.25) is 0 Å². The first-order valence-corrected chi connectivity index (χ1v) is 8.13. The lowest BCUT2D eigenvalue weighted by atomic mass is 10.2. The Morgan fingerprint density at radius 1 is 1.30 bits per heavy atom. The van der Waals surface area contributed by atoms with E-state index in [0.29, 0.717) is 18.4 Å². The van der Waals surface area contributed by atoms with Crippen molar-refractivity contribution < 1.29 is 9.13 Å². The Morgan fingerprint density at radius 3 is 2.87 bits per heavy atom. The quantitative estimate of drug-likeness (QED) is 0.821. The molecule has 0 unspecified atom stereocenters. The fraction of sp³-hybridized carbons (Fsp3) is 0.529. The van der Waals surface area contributed by atoms with Gasteiger partial charge in [-0.15, -0.1) is 0 Å². The Bertz CT molecular complexity index is 658. The Morgan fingerprint density at radius 2 is 2.13 bits per heavy atom. The van der Waals surface area contributed by atoms with Crippen LogP contribution in [0.1, 0.15) is 24.5 Å². The minimum Gasteiger partial charge on any atom is -0.489 e. The van der Waals surface area contributed by atoms with Crippen molar-refractivity contribution >= 4 is 0 Å². The summed E-state index contributed by atoms with van der Waals surface area (Å²) in [5.74, 6) is 1.79. The van der Waals surface area contributed by atoms with Gasteiger partial charge in [-0.05, 0) is 45.4 Å². The zero-order valence-electron chi connectivity index (χ0n) is 13.7. The highest BCUT2D eigenvalue weighted by atomic mass is 19.1. The zero-order valence-corrected chi connectivity index (χ0v) is 13.7. The maximum Gasteiger partial charge on any atom is 0.165 e. The molecule has 1 aliphatic rings. The third-order valence-corrected chi connectivity index (χ3v) is 4.32. The number of para-hydroxylation sites is 1. The third-order valence-electron chi connectivity index (χ3n) is 4.32. The number of nitrogens with zero attached hydrogens (tertiary/aromatic N) is 4. The molecule has 1 saturated heterocycles. The van der Waals surface area contributed by atoms with Crippen LogP contribution in [0.25, 0.3) is 0 Å². The molecule has 6 heteroatoms. The average molecular weight is 318 g/mol. The topological polar surface area (TPSA) is 43.2 Å². The van der Waals surface area contributed by atoms with Crippen LogP contribution in [0.15, 0.2) is 24.3 Å². The van der Waals surface area contributed by atoms with E-state index in [2.05, 4.69) is 15.0 Å².